The normalized spacial score (nSPS) is 15.4. The molecule has 0 N–H and O–H groups in total. The Morgan fingerprint density at radius 3 is 2.37 bits per heavy atom. The summed E-state index contributed by atoms with van der Waals surface area (Å²) in [6, 6.07) is 11.9. The Bertz CT molecular complexity index is 1160. The van der Waals surface area contributed by atoms with Gasteiger partial charge in [0.15, 0.2) is 0 Å². The molecule has 1 aliphatic rings. The van der Waals surface area contributed by atoms with Crippen LogP contribution in [0.5, 0.6) is 5.88 Å². The van der Waals surface area contributed by atoms with E-state index in [9.17, 15) is 21.6 Å². The van der Waals surface area contributed by atoms with Crippen LogP contribution in [0.25, 0.3) is 22.2 Å². The second-order valence-corrected chi connectivity index (χ2v) is 8.50. The summed E-state index contributed by atoms with van der Waals surface area (Å²) in [7, 11) is -5.86. The lowest BCUT2D eigenvalue weighted by atomic mass is 10.1. The summed E-state index contributed by atoms with van der Waals surface area (Å²) in [4.78, 5) is 10.4. The lowest BCUT2D eigenvalue weighted by molar-refractivity contribution is -0.0500. The van der Waals surface area contributed by atoms with E-state index in [2.05, 4.69) is 19.1 Å². The van der Waals surface area contributed by atoms with Crippen LogP contribution in [0.1, 0.15) is 19.3 Å². The summed E-state index contributed by atoms with van der Waals surface area (Å²) in [5, 5.41) is 0.0685. The predicted molar refractivity (Wildman–Crippen MR) is 107 cm³/mol. The van der Waals surface area contributed by atoms with Crippen LogP contribution in [0.3, 0.4) is 0 Å². The van der Waals surface area contributed by atoms with Crippen LogP contribution < -0.4 is 9.08 Å². The van der Waals surface area contributed by atoms with Crippen LogP contribution in [-0.2, 0) is 10.1 Å². The molecule has 0 saturated carbocycles. The molecule has 1 fully saturated rings. The van der Waals surface area contributed by atoms with E-state index in [-0.39, 0.29) is 16.6 Å². The smallest absolute Gasteiger partial charge is 0.372 e. The lowest BCUT2D eigenvalue weighted by Crippen LogP contribution is -2.29. The van der Waals surface area contributed by atoms with Gasteiger partial charge in [-0.05, 0) is 49.6 Å². The Morgan fingerprint density at radius 2 is 1.70 bits per heavy atom. The third kappa shape index (κ3) is 4.04. The molecule has 0 unspecified atom stereocenters. The summed E-state index contributed by atoms with van der Waals surface area (Å²) in [5.74, 6) is -0.659. The molecule has 1 aromatic carbocycles. The van der Waals surface area contributed by atoms with Crippen LogP contribution >= 0.6 is 0 Å². The Labute approximate surface area is 171 Å². The van der Waals surface area contributed by atoms with Crippen molar-refractivity contribution in [2.24, 2.45) is 0 Å². The van der Waals surface area contributed by atoms with Gasteiger partial charge in [-0.2, -0.15) is 21.6 Å². The minimum absolute atomic E-state index is 0.0685. The number of pyridine rings is 2. The van der Waals surface area contributed by atoms with E-state index in [1.165, 1.54) is 24.8 Å². The van der Waals surface area contributed by atoms with Gasteiger partial charge >= 0.3 is 15.6 Å². The van der Waals surface area contributed by atoms with E-state index < -0.39 is 21.5 Å². The Hall–Kier alpha value is -2.88. The molecule has 0 aliphatic carbocycles. The zero-order valence-corrected chi connectivity index (χ0v) is 16.6. The largest absolute Gasteiger partial charge is 0.534 e. The zero-order chi connectivity index (χ0) is 21.4. The van der Waals surface area contributed by atoms with Crippen molar-refractivity contribution < 1.29 is 25.8 Å². The number of anilines is 1. The van der Waals surface area contributed by atoms with E-state index in [0.29, 0.717) is 5.56 Å². The maximum atomic E-state index is 12.8. The van der Waals surface area contributed by atoms with Crippen molar-refractivity contribution in [3.8, 4) is 17.1 Å². The molecule has 1 saturated heterocycles. The molecule has 30 heavy (non-hydrogen) atoms. The van der Waals surface area contributed by atoms with Gasteiger partial charge in [-0.15, -0.1) is 0 Å². The van der Waals surface area contributed by atoms with Gasteiger partial charge in [0.05, 0.1) is 16.6 Å². The fourth-order valence-corrected chi connectivity index (χ4v) is 3.83. The molecular weight excluding hydrogens is 419 g/mol. The highest BCUT2D eigenvalue weighted by Crippen LogP contribution is 2.33. The van der Waals surface area contributed by atoms with Crippen molar-refractivity contribution in [2.75, 3.05) is 18.0 Å². The van der Waals surface area contributed by atoms with E-state index >= 15 is 0 Å². The molecule has 1 aliphatic heterocycles. The standard InChI is InChI=1S/C20H18F3N3O3S/c21-20(22,23)30(27,28)29-19-16-5-4-10-24-18(16)13-17(25-19)14-6-8-15(9-7-14)26-11-2-1-3-12-26/h4-10,13H,1-3,11-12H2. The maximum Gasteiger partial charge on any atom is 0.534 e. The van der Waals surface area contributed by atoms with E-state index in [1.54, 1.807) is 18.2 Å². The Balaban J connectivity index is 1.73. The first-order valence-electron chi connectivity index (χ1n) is 9.36. The molecule has 3 aromatic rings. The van der Waals surface area contributed by atoms with Gasteiger partial charge in [0.25, 0.3) is 0 Å². The fourth-order valence-electron chi connectivity index (χ4n) is 3.40. The number of fused-ring (bicyclic) bond motifs is 1. The molecule has 0 spiro atoms. The first kappa shape index (κ1) is 20.4. The number of alkyl halides is 3. The van der Waals surface area contributed by atoms with Crippen LogP contribution in [0.4, 0.5) is 18.9 Å². The van der Waals surface area contributed by atoms with Crippen molar-refractivity contribution in [1.29, 1.82) is 0 Å². The molecule has 158 valence electrons. The third-order valence-corrected chi connectivity index (χ3v) is 5.87. The number of aromatic nitrogens is 2. The summed E-state index contributed by atoms with van der Waals surface area (Å²) >= 11 is 0. The monoisotopic (exact) mass is 437 g/mol. The first-order valence-corrected chi connectivity index (χ1v) is 10.8. The summed E-state index contributed by atoms with van der Waals surface area (Å²) in [5.41, 5.74) is -3.37. The predicted octanol–water partition coefficient (Wildman–Crippen LogP) is 4.52. The molecule has 4 rings (SSSR count). The highest BCUT2D eigenvalue weighted by atomic mass is 32.2. The van der Waals surface area contributed by atoms with Gasteiger partial charge in [0.2, 0.25) is 5.88 Å². The van der Waals surface area contributed by atoms with Gasteiger partial charge < -0.3 is 9.08 Å². The van der Waals surface area contributed by atoms with Crippen molar-refractivity contribution in [3.05, 3.63) is 48.7 Å². The highest BCUT2D eigenvalue weighted by molar-refractivity contribution is 7.88. The quantitative estimate of drug-likeness (QED) is 0.442. The zero-order valence-electron chi connectivity index (χ0n) is 15.8. The topological polar surface area (TPSA) is 72.4 Å². The van der Waals surface area contributed by atoms with Gasteiger partial charge in [-0.3, -0.25) is 4.98 Å². The van der Waals surface area contributed by atoms with Crippen LogP contribution in [-0.4, -0.2) is 37.0 Å². The summed E-state index contributed by atoms with van der Waals surface area (Å²) in [6.07, 6.45) is 4.93. The minimum atomic E-state index is -5.86. The van der Waals surface area contributed by atoms with Gasteiger partial charge in [0.1, 0.15) is 0 Å². The van der Waals surface area contributed by atoms with E-state index in [0.717, 1.165) is 31.6 Å². The second kappa shape index (κ2) is 7.75. The Morgan fingerprint density at radius 1 is 1.00 bits per heavy atom. The number of hydrogen-bond donors (Lipinski definition) is 0. The molecule has 2 aromatic heterocycles. The highest BCUT2D eigenvalue weighted by Gasteiger charge is 2.49. The number of benzene rings is 1. The van der Waals surface area contributed by atoms with E-state index in [1.807, 2.05) is 12.1 Å². The van der Waals surface area contributed by atoms with Crippen molar-refractivity contribution in [1.82, 2.24) is 9.97 Å². The number of nitrogens with zero attached hydrogens (tertiary/aromatic N) is 3. The number of hydrogen-bond acceptors (Lipinski definition) is 6. The first-order chi connectivity index (χ1) is 14.2. The molecule has 6 nitrogen and oxygen atoms in total. The molecule has 0 bridgehead atoms. The molecule has 0 radical (unpaired) electrons. The SMILES string of the molecule is O=S(=O)(Oc1nc(-c2ccc(N3CCCCC3)cc2)cc2ncccc12)C(F)(F)F. The minimum Gasteiger partial charge on any atom is -0.372 e. The average Bonchev–Trinajstić information content (AvgIpc) is 2.73. The van der Waals surface area contributed by atoms with Crippen LogP contribution in [0.15, 0.2) is 48.7 Å². The van der Waals surface area contributed by atoms with Gasteiger partial charge in [0, 0.05) is 30.5 Å². The Kier molecular flexibility index (Phi) is 5.27. The fraction of sp³-hybridized carbons (Fsp3) is 0.300. The molecular formula is C20H18F3N3O3S. The van der Waals surface area contributed by atoms with Crippen molar-refractivity contribution >= 4 is 26.7 Å². The van der Waals surface area contributed by atoms with E-state index in [4.69, 9.17) is 0 Å². The van der Waals surface area contributed by atoms with Gasteiger partial charge in [-0.25, -0.2) is 4.98 Å². The van der Waals surface area contributed by atoms with Crippen LogP contribution in [0.2, 0.25) is 0 Å². The molecule has 0 amide bonds. The average molecular weight is 437 g/mol. The summed E-state index contributed by atoms with van der Waals surface area (Å²) < 4.78 is 65.8. The lowest BCUT2D eigenvalue weighted by Gasteiger charge is -2.28. The maximum absolute atomic E-state index is 12.8. The number of piperidine rings is 1. The van der Waals surface area contributed by atoms with Crippen LogP contribution in [0, 0.1) is 0 Å². The summed E-state index contributed by atoms with van der Waals surface area (Å²) in [6.45, 7) is 1.95. The molecule has 0 atom stereocenters. The van der Waals surface area contributed by atoms with Gasteiger partial charge in [-0.1, -0.05) is 12.1 Å². The molecule has 10 heteroatoms. The number of halogens is 3. The third-order valence-electron chi connectivity index (χ3n) is 4.92. The van der Waals surface area contributed by atoms with Crippen molar-refractivity contribution in [2.45, 2.75) is 24.8 Å². The number of rotatable bonds is 4. The molecule has 3 heterocycles. The van der Waals surface area contributed by atoms with Crippen molar-refractivity contribution in [3.63, 3.8) is 0 Å². The second-order valence-electron chi connectivity index (χ2n) is 6.96.